The number of nitrogens with one attached hydrogen (secondary N) is 3. The molecule has 2 aromatic carbocycles. The first-order valence-electron chi connectivity index (χ1n) is 11.2. The first-order chi connectivity index (χ1) is 17.8. The van der Waals surface area contributed by atoms with Gasteiger partial charge in [0.2, 0.25) is 0 Å². The molecule has 0 radical (unpaired) electrons. The number of rotatable bonds is 6. The Balaban J connectivity index is 1.34. The van der Waals surface area contributed by atoms with Crippen molar-refractivity contribution in [1.82, 2.24) is 25.2 Å². The van der Waals surface area contributed by atoms with Gasteiger partial charge in [0.25, 0.3) is 17.7 Å². The number of fused-ring (bicyclic) bond motifs is 2. The smallest absolute Gasteiger partial charge is 0.270 e. The van der Waals surface area contributed by atoms with Crippen molar-refractivity contribution >= 4 is 40.7 Å². The molecular formula is C25H20ClFN6O4. The highest BCUT2D eigenvalue weighted by Crippen LogP contribution is 2.28. The molecule has 12 heteroatoms. The molecular weight excluding hydrogens is 503 g/mol. The van der Waals surface area contributed by atoms with Crippen LogP contribution in [0.3, 0.4) is 0 Å². The van der Waals surface area contributed by atoms with Crippen LogP contribution in [0.15, 0.2) is 48.7 Å². The molecule has 37 heavy (non-hydrogen) atoms. The Morgan fingerprint density at radius 2 is 1.84 bits per heavy atom. The second kappa shape index (κ2) is 9.86. The van der Waals surface area contributed by atoms with Crippen molar-refractivity contribution in [3.8, 4) is 5.75 Å². The lowest BCUT2D eigenvalue weighted by molar-refractivity contribution is -0.118. The van der Waals surface area contributed by atoms with Gasteiger partial charge >= 0.3 is 0 Å². The predicted octanol–water partition coefficient (Wildman–Crippen LogP) is 3.02. The molecule has 3 N–H and O–H groups in total. The molecule has 0 bridgehead atoms. The molecule has 1 aliphatic heterocycles. The third-order valence-electron chi connectivity index (χ3n) is 5.71. The largest absolute Gasteiger partial charge is 0.482 e. The van der Waals surface area contributed by atoms with Gasteiger partial charge in [0.1, 0.15) is 17.1 Å². The van der Waals surface area contributed by atoms with Gasteiger partial charge in [0.05, 0.1) is 11.9 Å². The molecule has 0 saturated heterocycles. The van der Waals surface area contributed by atoms with E-state index in [1.165, 1.54) is 6.07 Å². The number of hydrogen-bond acceptors (Lipinski definition) is 6. The molecule has 0 atom stereocenters. The van der Waals surface area contributed by atoms with Gasteiger partial charge in [-0.3, -0.25) is 14.4 Å². The van der Waals surface area contributed by atoms with E-state index in [1.807, 2.05) is 19.1 Å². The number of amides is 3. The Hall–Kier alpha value is -4.51. The van der Waals surface area contributed by atoms with Crippen LogP contribution in [0.5, 0.6) is 5.75 Å². The van der Waals surface area contributed by atoms with Crippen LogP contribution in [0.1, 0.15) is 37.7 Å². The lowest BCUT2D eigenvalue weighted by atomic mass is 10.1. The molecule has 0 saturated carbocycles. The summed E-state index contributed by atoms with van der Waals surface area (Å²) in [5.74, 6) is -1.72. The fourth-order valence-electron chi connectivity index (χ4n) is 3.75. The van der Waals surface area contributed by atoms with E-state index in [-0.39, 0.29) is 42.6 Å². The monoisotopic (exact) mass is 522 g/mol. The molecule has 4 aromatic rings. The summed E-state index contributed by atoms with van der Waals surface area (Å²) >= 11 is 6.15. The van der Waals surface area contributed by atoms with E-state index in [1.54, 1.807) is 24.3 Å². The van der Waals surface area contributed by atoms with Crippen molar-refractivity contribution in [3.63, 3.8) is 0 Å². The summed E-state index contributed by atoms with van der Waals surface area (Å²) in [5, 5.41) is 12.6. The zero-order chi connectivity index (χ0) is 26.1. The second-order valence-corrected chi connectivity index (χ2v) is 8.78. The van der Waals surface area contributed by atoms with Crippen molar-refractivity contribution in [2.45, 2.75) is 20.0 Å². The lowest BCUT2D eigenvalue weighted by Gasteiger charge is -2.18. The fraction of sp³-hybridized carbons (Fsp3) is 0.160. The number of carbonyl (C=O) groups is 3. The molecule has 3 amide bonds. The molecule has 0 unspecified atom stereocenters. The summed E-state index contributed by atoms with van der Waals surface area (Å²) in [6.07, 6.45) is 0.921. The van der Waals surface area contributed by atoms with Crippen LogP contribution in [0.2, 0.25) is 5.02 Å². The number of carbonyl (C=O) groups excluding carboxylic acids is 3. The summed E-state index contributed by atoms with van der Waals surface area (Å²) in [6, 6.07) is 11.7. The highest BCUT2D eigenvalue weighted by Gasteiger charge is 2.21. The normalized spacial score (nSPS) is 12.5. The van der Waals surface area contributed by atoms with E-state index in [0.717, 1.165) is 21.8 Å². The Kier molecular flexibility index (Phi) is 6.45. The van der Waals surface area contributed by atoms with Gasteiger partial charge in [-0.05, 0) is 41.8 Å². The minimum absolute atomic E-state index is 0.0585. The number of halogens is 2. The van der Waals surface area contributed by atoms with E-state index in [2.05, 4.69) is 26.0 Å². The SMILES string of the molecule is Cc1ccc(CNC(=O)c2cc(C(=O)NCc3ccc4c(c3)NC(=O)CO4)nc3c(F)cnn23)cc1Cl. The molecule has 0 spiro atoms. The maximum atomic E-state index is 14.3. The zero-order valence-electron chi connectivity index (χ0n) is 19.5. The highest BCUT2D eigenvalue weighted by atomic mass is 35.5. The molecule has 2 aromatic heterocycles. The van der Waals surface area contributed by atoms with E-state index >= 15 is 0 Å². The van der Waals surface area contributed by atoms with Crippen molar-refractivity contribution in [3.05, 3.63) is 87.6 Å². The molecule has 0 fully saturated rings. The summed E-state index contributed by atoms with van der Waals surface area (Å²) < 4.78 is 20.7. The molecule has 1 aliphatic rings. The van der Waals surface area contributed by atoms with E-state index in [0.29, 0.717) is 22.0 Å². The number of anilines is 1. The first kappa shape index (κ1) is 24.2. The molecule has 188 valence electrons. The Morgan fingerprint density at radius 1 is 1.11 bits per heavy atom. The predicted molar refractivity (Wildman–Crippen MR) is 132 cm³/mol. The third-order valence-corrected chi connectivity index (χ3v) is 6.12. The summed E-state index contributed by atoms with van der Waals surface area (Å²) in [7, 11) is 0. The lowest BCUT2D eigenvalue weighted by Crippen LogP contribution is -2.29. The number of nitrogens with zero attached hydrogens (tertiary/aromatic N) is 3. The number of hydrogen-bond donors (Lipinski definition) is 3. The molecule has 0 aliphatic carbocycles. The van der Waals surface area contributed by atoms with Crippen LogP contribution in [-0.4, -0.2) is 38.9 Å². The minimum atomic E-state index is -0.778. The van der Waals surface area contributed by atoms with E-state index in [4.69, 9.17) is 16.3 Å². The summed E-state index contributed by atoms with van der Waals surface area (Å²) in [6.45, 7) is 2.06. The van der Waals surface area contributed by atoms with Gasteiger partial charge in [0.15, 0.2) is 18.1 Å². The van der Waals surface area contributed by atoms with Crippen LogP contribution < -0.4 is 20.7 Å². The Morgan fingerprint density at radius 3 is 2.62 bits per heavy atom. The standard InChI is InChI=1S/C25H20ClFN6O4/c1-13-2-3-14(6-16(13)26)9-29-25(36)20-8-19(32-23-17(27)11-30-33(20)23)24(35)28-10-15-4-5-21-18(7-15)31-22(34)12-37-21/h2-8,11H,9-10,12H2,1H3,(H,28,35)(H,29,36)(H,31,34). The van der Waals surface area contributed by atoms with Gasteiger partial charge in [-0.2, -0.15) is 5.10 Å². The van der Waals surface area contributed by atoms with Crippen molar-refractivity contribution in [2.24, 2.45) is 0 Å². The van der Waals surface area contributed by atoms with Gasteiger partial charge < -0.3 is 20.7 Å². The fourth-order valence-corrected chi connectivity index (χ4v) is 3.95. The maximum Gasteiger partial charge on any atom is 0.270 e. The average Bonchev–Trinajstić information content (AvgIpc) is 3.27. The molecule has 5 rings (SSSR count). The van der Waals surface area contributed by atoms with Gasteiger partial charge in [0, 0.05) is 24.2 Å². The first-order valence-corrected chi connectivity index (χ1v) is 11.6. The van der Waals surface area contributed by atoms with E-state index in [9.17, 15) is 18.8 Å². The highest BCUT2D eigenvalue weighted by molar-refractivity contribution is 6.31. The quantitative estimate of drug-likeness (QED) is 0.357. The van der Waals surface area contributed by atoms with Crippen LogP contribution in [0, 0.1) is 12.7 Å². The van der Waals surface area contributed by atoms with Crippen LogP contribution >= 0.6 is 11.6 Å². The molecule has 10 nitrogen and oxygen atoms in total. The molecule has 3 heterocycles. The number of benzene rings is 2. The number of ether oxygens (including phenoxy) is 1. The van der Waals surface area contributed by atoms with Gasteiger partial charge in [-0.25, -0.2) is 13.9 Å². The second-order valence-electron chi connectivity index (χ2n) is 8.37. The van der Waals surface area contributed by atoms with Crippen LogP contribution in [0.25, 0.3) is 5.65 Å². The topological polar surface area (TPSA) is 127 Å². The van der Waals surface area contributed by atoms with Crippen LogP contribution in [-0.2, 0) is 17.9 Å². The summed E-state index contributed by atoms with van der Waals surface area (Å²) in [5.41, 5.74) is 2.37. The van der Waals surface area contributed by atoms with Crippen molar-refractivity contribution < 1.29 is 23.5 Å². The maximum absolute atomic E-state index is 14.3. The van der Waals surface area contributed by atoms with Crippen molar-refractivity contribution in [1.29, 1.82) is 0 Å². The van der Waals surface area contributed by atoms with Gasteiger partial charge in [-0.15, -0.1) is 0 Å². The minimum Gasteiger partial charge on any atom is -0.482 e. The average molecular weight is 523 g/mol. The van der Waals surface area contributed by atoms with Gasteiger partial charge in [-0.1, -0.05) is 29.8 Å². The Labute approximate surface area is 214 Å². The van der Waals surface area contributed by atoms with Crippen molar-refractivity contribution in [2.75, 3.05) is 11.9 Å². The zero-order valence-corrected chi connectivity index (χ0v) is 20.2. The third kappa shape index (κ3) is 5.07. The van der Waals surface area contributed by atoms with E-state index < -0.39 is 17.6 Å². The number of aromatic nitrogens is 3. The van der Waals surface area contributed by atoms with Crippen LogP contribution in [0.4, 0.5) is 10.1 Å². The number of aryl methyl sites for hydroxylation is 1. The summed E-state index contributed by atoms with van der Waals surface area (Å²) in [4.78, 5) is 41.5. The Bertz CT molecular complexity index is 1570.